The van der Waals surface area contributed by atoms with E-state index in [2.05, 4.69) is 32.8 Å². The van der Waals surface area contributed by atoms with E-state index in [1.807, 2.05) is 0 Å². The van der Waals surface area contributed by atoms with Gasteiger partial charge in [-0.2, -0.15) is 0 Å². The molecule has 2 aliphatic rings. The molecule has 3 rings (SSSR count). The molecule has 1 atom stereocenters. The molecule has 3 heterocycles. The fourth-order valence-corrected chi connectivity index (χ4v) is 3.28. The standard InChI is InChI=1S/C15H25N5/c1-2-13-9-15(18-11-17-13)20-8-5-14(10-20)19-6-3-12(16)4-7-19/h9,11-12,14H,2-8,10,16H2,1H3. The number of hydrogen-bond donors (Lipinski definition) is 1. The van der Waals surface area contributed by atoms with E-state index in [1.54, 1.807) is 6.33 Å². The van der Waals surface area contributed by atoms with Crippen LogP contribution in [-0.4, -0.2) is 53.1 Å². The number of piperidine rings is 1. The Hall–Kier alpha value is -1.20. The molecule has 5 nitrogen and oxygen atoms in total. The van der Waals surface area contributed by atoms with E-state index in [9.17, 15) is 0 Å². The molecule has 2 aliphatic heterocycles. The van der Waals surface area contributed by atoms with E-state index in [1.165, 1.54) is 6.42 Å². The van der Waals surface area contributed by atoms with Crippen LogP contribution in [0.5, 0.6) is 0 Å². The molecule has 20 heavy (non-hydrogen) atoms. The number of likely N-dealkylation sites (tertiary alicyclic amines) is 1. The van der Waals surface area contributed by atoms with Crippen molar-refractivity contribution in [3.8, 4) is 0 Å². The highest BCUT2D eigenvalue weighted by Crippen LogP contribution is 2.23. The van der Waals surface area contributed by atoms with Gasteiger partial charge in [-0.15, -0.1) is 0 Å². The molecular weight excluding hydrogens is 250 g/mol. The molecule has 0 spiro atoms. The van der Waals surface area contributed by atoms with E-state index in [0.29, 0.717) is 12.1 Å². The molecule has 110 valence electrons. The molecule has 2 N–H and O–H groups in total. The molecule has 0 saturated carbocycles. The van der Waals surface area contributed by atoms with Crippen LogP contribution in [0.1, 0.15) is 31.9 Å². The van der Waals surface area contributed by atoms with Crippen LogP contribution >= 0.6 is 0 Å². The summed E-state index contributed by atoms with van der Waals surface area (Å²) in [4.78, 5) is 13.7. The van der Waals surface area contributed by atoms with Crippen molar-refractivity contribution in [1.29, 1.82) is 0 Å². The molecule has 1 aromatic heterocycles. The predicted octanol–water partition coefficient (Wildman–Crippen LogP) is 1.04. The molecule has 0 amide bonds. The molecule has 2 saturated heterocycles. The summed E-state index contributed by atoms with van der Waals surface area (Å²) in [6.07, 6.45) is 6.19. The van der Waals surface area contributed by atoms with Crippen molar-refractivity contribution in [1.82, 2.24) is 14.9 Å². The number of anilines is 1. The fraction of sp³-hybridized carbons (Fsp3) is 0.733. The molecule has 0 bridgehead atoms. The Morgan fingerprint density at radius 1 is 1.20 bits per heavy atom. The zero-order chi connectivity index (χ0) is 13.9. The van der Waals surface area contributed by atoms with E-state index in [4.69, 9.17) is 5.73 Å². The smallest absolute Gasteiger partial charge is 0.132 e. The van der Waals surface area contributed by atoms with Crippen LogP contribution < -0.4 is 10.6 Å². The average Bonchev–Trinajstić information content (AvgIpc) is 2.98. The molecule has 1 unspecified atom stereocenters. The highest BCUT2D eigenvalue weighted by molar-refractivity contribution is 5.40. The van der Waals surface area contributed by atoms with Crippen molar-refractivity contribution in [2.75, 3.05) is 31.1 Å². The van der Waals surface area contributed by atoms with Gasteiger partial charge in [0.2, 0.25) is 0 Å². The van der Waals surface area contributed by atoms with Gasteiger partial charge < -0.3 is 10.6 Å². The normalized spacial score (nSPS) is 25.3. The molecule has 2 fully saturated rings. The monoisotopic (exact) mass is 275 g/mol. The Kier molecular flexibility index (Phi) is 4.17. The van der Waals surface area contributed by atoms with Gasteiger partial charge in [0.1, 0.15) is 12.1 Å². The second kappa shape index (κ2) is 6.06. The van der Waals surface area contributed by atoms with Crippen molar-refractivity contribution in [3.05, 3.63) is 18.1 Å². The second-order valence-electron chi connectivity index (χ2n) is 5.98. The third-order valence-corrected chi connectivity index (χ3v) is 4.65. The van der Waals surface area contributed by atoms with Crippen molar-refractivity contribution in [2.24, 2.45) is 5.73 Å². The number of hydrogen-bond acceptors (Lipinski definition) is 5. The van der Waals surface area contributed by atoms with Crippen LogP contribution in [0.4, 0.5) is 5.82 Å². The van der Waals surface area contributed by atoms with Crippen LogP contribution in [0.25, 0.3) is 0 Å². The minimum Gasteiger partial charge on any atom is -0.355 e. The van der Waals surface area contributed by atoms with Crippen LogP contribution in [0.3, 0.4) is 0 Å². The van der Waals surface area contributed by atoms with Gasteiger partial charge in [0, 0.05) is 36.9 Å². The lowest BCUT2D eigenvalue weighted by atomic mass is 10.0. The third-order valence-electron chi connectivity index (χ3n) is 4.65. The highest BCUT2D eigenvalue weighted by Gasteiger charge is 2.30. The Balaban J connectivity index is 1.61. The van der Waals surface area contributed by atoms with Gasteiger partial charge in [-0.3, -0.25) is 4.90 Å². The molecule has 0 aliphatic carbocycles. The third kappa shape index (κ3) is 2.94. The SMILES string of the molecule is CCc1cc(N2CCC(N3CCC(N)CC3)C2)ncn1. The maximum absolute atomic E-state index is 5.99. The first-order valence-corrected chi connectivity index (χ1v) is 7.81. The number of nitrogens with zero attached hydrogens (tertiary/aromatic N) is 4. The van der Waals surface area contributed by atoms with Crippen LogP contribution in [0.15, 0.2) is 12.4 Å². The fourth-order valence-electron chi connectivity index (χ4n) is 3.28. The summed E-state index contributed by atoms with van der Waals surface area (Å²) in [6, 6.07) is 3.22. The van der Waals surface area contributed by atoms with Gasteiger partial charge in [-0.1, -0.05) is 6.92 Å². The lowest BCUT2D eigenvalue weighted by Crippen LogP contribution is -2.46. The summed E-state index contributed by atoms with van der Waals surface area (Å²) in [5.74, 6) is 1.09. The Labute approximate surface area is 121 Å². The Morgan fingerprint density at radius 2 is 2.00 bits per heavy atom. The summed E-state index contributed by atoms with van der Waals surface area (Å²) in [5.41, 5.74) is 7.12. The molecule has 5 heteroatoms. The van der Waals surface area contributed by atoms with Crippen LogP contribution in [0, 0.1) is 0 Å². The van der Waals surface area contributed by atoms with Crippen molar-refractivity contribution in [2.45, 2.75) is 44.7 Å². The van der Waals surface area contributed by atoms with E-state index in [-0.39, 0.29) is 0 Å². The van der Waals surface area contributed by atoms with Gasteiger partial charge in [0.25, 0.3) is 0 Å². The minimum atomic E-state index is 0.415. The minimum absolute atomic E-state index is 0.415. The molecule has 0 radical (unpaired) electrons. The summed E-state index contributed by atoms with van der Waals surface area (Å²) in [6.45, 7) is 6.64. The van der Waals surface area contributed by atoms with Gasteiger partial charge in [0.15, 0.2) is 0 Å². The summed E-state index contributed by atoms with van der Waals surface area (Å²) < 4.78 is 0. The van der Waals surface area contributed by atoms with Crippen LogP contribution in [0.2, 0.25) is 0 Å². The van der Waals surface area contributed by atoms with E-state index >= 15 is 0 Å². The average molecular weight is 275 g/mol. The first-order valence-electron chi connectivity index (χ1n) is 7.81. The summed E-state index contributed by atoms with van der Waals surface area (Å²) in [7, 11) is 0. The quantitative estimate of drug-likeness (QED) is 0.893. The van der Waals surface area contributed by atoms with E-state index < -0.39 is 0 Å². The van der Waals surface area contributed by atoms with Gasteiger partial charge >= 0.3 is 0 Å². The highest BCUT2D eigenvalue weighted by atomic mass is 15.3. The maximum Gasteiger partial charge on any atom is 0.132 e. The first kappa shape index (κ1) is 13.8. The lowest BCUT2D eigenvalue weighted by Gasteiger charge is -2.34. The zero-order valence-corrected chi connectivity index (χ0v) is 12.3. The number of aryl methyl sites for hydroxylation is 1. The molecule has 0 aromatic carbocycles. The van der Waals surface area contributed by atoms with Gasteiger partial charge in [0.05, 0.1) is 0 Å². The molecule has 1 aromatic rings. The zero-order valence-electron chi connectivity index (χ0n) is 12.3. The topological polar surface area (TPSA) is 58.3 Å². The predicted molar refractivity (Wildman–Crippen MR) is 80.8 cm³/mol. The number of aromatic nitrogens is 2. The Bertz CT molecular complexity index is 442. The lowest BCUT2D eigenvalue weighted by molar-refractivity contribution is 0.163. The summed E-state index contributed by atoms with van der Waals surface area (Å²) in [5, 5.41) is 0. The first-order chi connectivity index (χ1) is 9.76. The van der Waals surface area contributed by atoms with Crippen LogP contribution in [-0.2, 0) is 6.42 Å². The van der Waals surface area contributed by atoms with Gasteiger partial charge in [-0.25, -0.2) is 9.97 Å². The summed E-state index contributed by atoms with van der Waals surface area (Å²) >= 11 is 0. The maximum atomic E-state index is 5.99. The van der Waals surface area contributed by atoms with E-state index in [0.717, 1.165) is 57.0 Å². The van der Waals surface area contributed by atoms with Crippen molar-refractivity contribution >= 4 is 5.82 Å². The van der Waals surface area contributed by atoms with Crippen molar-refractivity contribution < 1.29 is 0 Å². The molecular formula is C15H25N5. The largest absolute Gasteiger partial charge is 0.355 e. The number of rotatable bonds is 3. The number of nitrogens with two attached hydrogens (primary N) is 1. The van der Waals surface area contributed by atoms with Gasteiger partial charge in [-0.05, 0) is 38.8 Å². The van der Waals surface area contributed by atoms with Crippen molar-refractivity contribution in [3.63, 3.8) is 0 Å². The second-order valence-corrected chi connectivity index (χ2v) is 5.98. The Morgan fingerprint density at radius 3 is 2.75 bits per heavy atom.